The van der Waals surface area contributed by atoms with Crippen LogP contribution >= 0.6 is 0 Å². The molecule has 0 fully saturated rings. The van der Waals surface area contributed by atoms with Gasteiger partial charge in [-0.05, 0) is 13.8 Å². The molecule has 7 nitrogen and oxygen atoms in total. The van der Waals surface area contributed by atoms with Gasteiger partial charge in [0.2, 0.25) is 0 Å². The maximum Gasteiger partial charge on any atom is 0.188 e. The number of fused-ring (bicyclic) bond motifs is 2. The summed E-state index contributed by atoms with van der Waals surface area (Å²) in [5.74, 6) is 3.06. The quantitative estimate of drug-likeness (QED) is 0.663. The second-order valence-electron chi connectivity index (χ2n) is 6.66. The molecule has 0 radical (unpaired) electrons. The molecule has 2 atom stereocenters. The minimum absolute atomic E-state index is 0.0441. The first kappa shape index (κ1) is 20.4. The van der Waals surface area contributed by atoms with Gasteiger partial charge in [-0.25, -0.2) is 0 Å². The van der Waals surface area contributed by atoms with Gasteiger partial charge in [0.1, 0.15) is 17.2 Å². The summed E-state index contributed by atoms with van der Waals surface area (Å²) in [5, 5.41) is 1.48. The lowest BCUT2D eigenvalue weighted by atomic mass is 9.88. The molecule has 0 unspecified atom stereocenters. The van der Waals surface area contributed by atoms with Crippen LogP contribution in [0.5, 0.6) is 28.7 Å². The Labute approximate surface area is 165 Å². The second kappa shape index (κ2) is 8.32. The first-order valence-corrected chi connectivity index (χ1v) is 9.14. The van der Waals surface area contributed by atoms with Crippen molar-refractivity contribution in [2.24, 2.45) is 0 Å². The van der Waals surface area contributed by atoms with E-state index in [1.807, 2.05) is 13.8 Å². The number of rotatable bonds is 7. The smallest absolute Gasteiger partial charge is 0.188 e. The molecule has 0 N–H and O–H groups in total. The van der Waals surface area contributed by atoms with E-state index in [-0.39, 0.29) is 19.0 Å². The zero-order chi connectivity index (χ0) is 20.4. The third-order valence-electron chi connectivity index (χ3n) is 5.01. The van der Waals surface area contributed by atoms with Crippen molar-refractivity contribution in [2.75, 3.05) is 42.3 Å². The molecule has 0 saturated heterocycles. The summed E-state index contributed by atoms with van der Waals surface area (Å²) < 4.78 is 40.2. The molecule has 0 aliphatic carbocycles. The Kier molecular flexibility index (Phi) is 6.05. The van der Waals surface area contributed by atoms with Crippen molar-refractivity contribution >= 4 is 10.8 Å². The van der Waals surface area contributed by atoms with Crippen LogP contribution in [0.15, 0.2) is 6.07 Å². The lowest BCUT2D eigenvalue weighted by Gasteiger charge is -2.33. The number of hydrogen-bond acceptors (Lipinski definition) is 7. The monoisotopic (exact) mass is 392 g/mol. The predicted octanol–water partition coefficient (Wildman–Crippen LogP) is 3.88. The predicted molar refractivity (Wildman–Crippen MR) is 105 cm³/mol. The maximum atomic E-state index is 6.08. The van der Waals surface area contributed by atoms with E-state index in [9.17, 15) is 0 Å². The number of benzene rings is 2. The molecule has 28 heavy (non-hydrogen) atoms. The maximum absolute atomic E-state index is 6.08. The Morgan fingerprint density at radius 2 is 1.54 bits per heavy atom. The second-order valence-corrected chi connectivity index (χ2v) is 6.66. The number of hydrogen-bond donors (Lipinski definition) is 0. The molecule has 0 bridgehead atoms. The Morgan fingerprint density at radius 1 is 0.857 bits per heavy atom. The third kappa shape index (κ3) is 3.18. The van der Waals surface area contributed by atoms with Crippen molar-refractivity contribution in [1.29, 1.82) is 0 Å². The minimum Gasteiger partial charge on any atom is -0.496 e. The SMILES string of the molecule is COCOc1c2c(c(OC)c3c(OC)c(OC)cc(OC)c13)C[C@H](C)O[C@@H]2C. The van der Waals surface area contributed by atoms with Crippen molar-refractivity contribution in [3.63, 3.8) is 0 Å². The zero-order valence-electron chi connectivity index (χ0n) is 17.5. The molecule has 154 valence electrons. The minimum atomic E-state index is -0.179. The van der Waals surface area contributed by atoms with Gasteiger partial charge in [0.25, 0.3) is 0 Å². The summed E-state index contributed by atoms with van der Waals surface area (Å²) in [6.45, 7) is 4.14. The van der Waals surface area contributed by atoms with E-state index >= 15 is 0 Å². The molecule has 2 aromatic rings. The van der Waals surface area contributed by atoms with E-state index in [1.165, 1.54) is 0 Å². The van der Waals surface area contributed by atoms with Crippen molar-refractivity contribution in [2.45, 2.75) is 32.5 Å². The normalized spacial score (nSPS) is 18.5. The van der Waals surface area contributed by atoms with Gasteiger partial charge in [0.15, 0.2) is 18.3 Å². The van der Waals surface area contributed by atoms with E-state index in [2.05, 4.69) is 0 Å². The Balaban J connectivity index is 2.53. The Hall–Kier alpha value is -2.38. The van der Waals surface area contributed by atoms with Gasteiger partial charge in [0.05, 0.1) is 51.4 Å². The summed E-state index contributed by atoms with van der Waals surface area (Å²) in [6.07, 6.45) is 0.550. The van der Waals surface area contributed by atoms with Crippen LogP contribution in [-0.2, 0) is 15.9 Å². The number of ether oxygens (including phenoxy) is 7. The average Bonchev–Trinajstić information content (AvgIpc) is 2.69. The van der Waals surface area contributed by atoms with E-state index in [4.69, 9.17) is 33.2 Å². The van der Waals surface area contributed by atoms with Crippen molar-refractivity contribution in [3.8, 4) is 28.7 Å². The molecule has 0 aromatic heterocycles. The highest BCUT2D eigenvalue weighted by Gasteiger charge is 2.34. The van der Waals surface area contributed by atoms with E-state index in [1.54, 1.807) is 41.6 Å². The van der Waals surface area contributed by atoms with Crippen molar-refractivity contribution < 1.29 is 33.2 Å². The lowest BCUT2D eigenvalue weighted by Crippen LogP contribution is -2.24. The summed E-state index contributed by atoms with van der Waals surface area (Å²) in [4.78, 5) is 0. The fourth-order valence-electron chi connectivity index (χ4n) is 4.00. The summed E-state index contributed by atoms with van der Waals surface area (Å²) in [7, 11) is 8.04. The van der Waals surface area contributed by atoms with E-state index < -0.39 is 0 Å². The molecule has 2 aromatic carbocycles. The van der Waals surface area contributed by atoms with Gasteiger partial charge in [-0.2, -0.15) is 0 Å². The summed E-state index contributed by atoms with van der Waals surface area (Å²) in [5.41, 5.74) is 1.96. The highest BCUT2D eigenvalue weighted by atomic mass is 16.7. The van der Waals surface area contributed by atoms with E-state index in [0.717, 1.165) is 21.9 Å². The average molecular weight is 392 g/mol. The standard InChI is InChI=1S/C21H28O7/c1-11-8-13-16(12(2)28-11)21(27-10-22-3)17-14(23-4)9-15(24-5)20(26-7)18(17)19(13)25-6/h9,11-12H,8,10H2,1-7H3/t11-,12+/m0/s1. The third-order valence-corrected chi connectivity index (χ3v) is 5.01. The largest absolute Gasteiger partial charge is 0.496 e. The van der Waals surface area contributed by atoms with Gasteiger partial charge < -0.3 is 33.2 Å². The molecule has 1 heterocycles. The Morgan fingerprint density at radius 3 is 2.11 bits per heavy atom. The van der Waals surface area contributed by atoms with Crippen LogP contribution in [0, 0.1) is 0 Å². The molecular formula is C21H28O7. The van der Waals surface area contributed by atoms with Crippen LogP contribution in [0.1, 0.15) is 31.1 Å². The van der Waals surface area contributed by atoms with Gasteiger partial charge in [-0.1, -0.05) is 0 Å². The van der Waals surface area contributed by atoms with Gasteiger partial charge in [-0.3, -0.25) is 0 Å². The van der Waals surface area contributed by atoms with E-state index in [0.29, 0.717) is 35.2 Å². The van der Waals surface area contributed by atoms with Crippen molar-refractivity contribution in [3.05, 3.63) is 17.2 Å². The molecule has 1 aliphatic heterocycles. The highest BCUT2D eigenvalue weighted by Crippen LogP contribution is 2.55. The van der Waals surface area contributed by atoms with Gasteiger partial charge in [0, 0.05) is 30.7 Å². The van der Waals surface area contributed by atoms with Crippen LogP contribution in [0.4, 0.5) is 0 Å². The Bertz CT molecular complexity index is 862. The molecule has 3 rings (SSSR count). The summed E-state index contributed by atoms with van der Waals surface area (Å²) in [6, 6.07) is 1.78. The topological polar surface area (TPSA) is 64.6 Å². The first-order chi connectivity index (χ1) is 13.5. The fourth-order valence-corrected chi connectivity index (χ4v) is 4.00. The first-order valence-electron chi connectivity index (χ1n) is 9.14. The van der Waals surface area contributed by atoms with Crippen LogP contribution in [0.3, 0.4) is 0 Å². The van der Waals surface area contributed by atoms with Crippen LogP contribution < -0.4 is 23.7 Å². The fraction of sp³-hybridized carbons (Fsp3) is 0.524. The van der Waals surface area contributed by atoms with Crippen LogP contribution in [-0.4, -0.2) is 48.4 Å². The van der Waals surface area contributed by atoms with Gasteiger partial charge in [-0.15, -0.1) is 0 Å². The number of methoxy groups -OCH3 is 5. The summed E-state index contributed by atoms with van der Waals surface area (Å²) >= 11 is 0. The molecule has 7 heteroatoms. The zero-order valence-corrected chi connectivity index (χ0v) is 17.5. The van der Waals surface area contributed by atoms with Crippen molar-refractivity contribution in [1.82, 2.24) is 0 Å². The molecule has 0 amide bonds. The lowest BCUT2D eigenvalue weighted by molar-refractivity contribution is -0.00992. The molecule has 1 aliphatic rings. The highest BCUT2D eigenvalue weighted by molar-refractivity contribution is 6.05. The molecular weight excluding hydrogens is 364 g/mol. The molecule has 0 saturated carbocycles. The van der Waals surface area contributed by atoms with Crippen LogP contribution in [0.25, 0.3) is 10.8 Å². The van der Waals surface area contributed by atoms with Gasteiger partial charge >= 0.3 is 0 Å². The molecule has 0 spiro atoms. The van der Waals surface area contributed by atoms with Crippen LogP contribution in [0.2, 0.25) is 0 Å².